The number of hydrogen-bond acceptors (Lipinski definition) is 1. The Hall–Kier alpha value is -0.500. The number of halogens is 2. The van der Waals surface area contributed by atoms with Crippen LogP contribution in [0, 0.1) is 0 Å². The van der Waals surface area contributed by atoms with Crippen LogP contribution in [0.2, 0.25) is 10.0 Å². The summed E-state index contributed by atoms with van der Waals surface area (Å²) < 4.78 is 0. The molecule has 0 radical (unpaired) electrons. The second kappa shape index (κ2) is 6.16. The molecule has 1 rings (SSSR count). The maximum atomic E-state index is 5.94. The molecule has 0 saturated heterocycles. The van der Waals surface area contributed by atoms with Crippen LogP contribution < -0.4 is 5.32 Å². The van der Waals surface area contributed by atoms with E-state index < -0.39 is 0 Å². The largest absolute Gasteiger partial charge is 0.310 e. The summed E-state index contributed by atoms with van der Waals surface area (Å²) in [6.07, 6.45) is 2.79. The Balaban J connectivity index is 2.70. The number of hydrogen-bond donors (Lipinski definition) is 1. The summed E-state index contributed by atoms with van der Waals surface area (Å²) in [6.45, 7) is 6.80. The molecule has 1 nitrogen and oxygen atoms in total. The normalized spacial score (nSPS) is 12.5. The molecule has 1 N–H and O–H groups in total. The first-order chi connectivity index (χ1) is 7.17. The Morgan fingerprint density at radius 3 is 2.67 bits per heavy atom. The molecular weight excluding hydrogens is 229 g/mol. The fourth-order valence-electron chi connectivity index (χ4n) is 1.42. The van der Waals surface area contributed by atoms with Gasteiger partial charge in [0.2, 0.25) is 0 Å². The highest BCUT2D eigenvalue weighted by Crippen LogP contribution is 2.23. The van der Waals surface area contributed by atoms with Crippen LogP contribution in [-0.4, -0.2) is 12.6 Å². The van der Waals surface area contributed by atoms with Gasteiger partial charge in [-0.3, -0.25) is 0 Å². The summed E-state index contributed by atoms with van der Waals surface area (Å²) in [5.41, 5.74) is 1.16. The predicted molar refractivity (Wildman–Crippen MR) is 67.8 cm³/mol. The highest BCUT2D eigenvalue weighted by molar-refractivity contribution is 6.42. The van der Waals surface area contributed by atoms with E-state index in [2.05, 4.69) is 18.8 Å². The third-order valence-electron chi connectivity index (χ3n) is 2.19. The molecule has 1 aromatic rings. The van der Waals surface area contributed by atoms with E-state index in [9.17, 15) is 0 Å². The van der Waals surface area contributed by atoms with Crippen LogP contribution in [-0.2, 0) is 6.42 Å². The van der Waals surface area contributed by atoms with Gasteiger partial charge in [-0.25, -0.2) is 0 Å². The van der Waals surface area contributed by atoms with Crippen molar-refractivity contribution in [1.82, 2.24) is 5.32 Å². The van der Waals surface area contributed by atoms with Gasteiger partial charge < -0.3 is 5.32 Å². The molecule has 0 heterocycles. The van der Waals surface area contributed by atoms with Gasteiger partial charge in [0, 0.05) is 6.04 Å². The van der Waals surface area contributed by atoms with Gasteiger partial charge in [-0.15, -0.1) is 6.58 Å². The van der Waals surface area contributed by atoms with E-state index in [1.54, 1.807) is 0 Å². The molecule has 0 aromatic heterocycles. The van der Waals surface area contributed by atoms with E-state index in [4.69, 9.17) is 23.2 Å². The van der Waals surface area contributed by atoms with Crippen LogP contribution in [0.3, 0.4) is 0 Å². The van der Waals surface area contributed by atoms with Crippen molar-refractivity contribution in [2.45, 2.75) is 19.4 Å². The number of nitrogens with one attached hydrogen (secondary N) is 1. The lowest BCUT2D eigenvalue weighted by Crippen LogP contribution is -2.28. The van der Waals surface area contributed by atoms with Crippen molar-refractivity contribution < 1.29 is 0 Å². The summed E-state index contributed by atoms with van der Waals surface area (Å²) in [5.74, 6) is 0. The Labute approximate surface area is 101 Å². The van der Waals surface area contributed by atoms with Gasteiger partial charge >= 0.3 is 0 Å². The minimum absolute atomic E-state index is 0.284. The van der Waals surface area contributed by atoms with Gasteiger partial charge in [0.25, 0.3) is 0 Å². The summed E-state index contributed by atoms with van der Waals surface area (Å²) in [5, 5.41) is 4.52. The van der Waals surface area contributed by atoms with E-state index in [0.717, 1.165) is 18.5 Å². The lowest BCUT2D eigenvalue weighted by Gasteiger charge is -2.13. The molecule has 1 aromatic carbocycles. The Morgan fingerprint density at radius 1 is 1.40 bits per heavy atom. The van der Waals surface area contributed by atoms with Crippen LogP contribution in [0.1, 0.15) is 12.5 Å². The zero-order chi connectivity index (χ0) is 11.3. The molecule has 0 fully saturated rings. The number of benzene rings is 1. The molecule has 0 aliphatic carbocycles. The molecule has 0 aliphatic rings. The van der Waals surface area contributed by atoms with Crippen molar-refractivity contribution in [2.24, 2.45) is 0 Å². The second-order valence-electron chi connectivity index (χ2n) is 3.35. The zero-order valence-corrected chi connectivity index (χ0v) is 10.3. The van der Waals surface area contributed by atoms with Crippen molar-refractivity contribution >= 4 is 23.2 Å². The first kappa shape index (κ1) is 12.6. The third-order valence-corrected chi connectivity index (χ3v) is 2.93. The molecule has 0 spiro atoms. The van der Waals surface area contributed by atoms with E-state index in [1.807, 2.05) is 24.3 Å². The van der Waals surface area contributed by atoms with Crippen LogP contribution in [0.4, 0.5) is 0 Å². The first-order valence-electron chi connectivity index (χ1n) is 4.97. The fraction of sp³-hybridized carbons (Fsp3) is 0.333. The van der Waals surface area contributed by atoms with Crippen molar-refractivity contribution in [3.63, 3.8) is 0 Å². The monoisotopic (exact) mass is 243 g/mol. The average molecular weight is 244 g/mol. The Morgan fingerprint density at radius 2 is 2.13 bits per heavy atom. The zero-order valence-electron chi connectivity index (χ0n) is 8.76. The summed E-state index contributed by atoms with van der Waals surface area (Å²) >= 11 is 11.8. The minimum atomic E-state index is 0.284. The van der Waals surface area contributed by atoms with E-state index >= 15 is 0 Å². The lowest BCUT2D eigenvalue weighted by atomic mass is 10.1. The van der Waals surface area contributed by atoms with Gasteiger partial charge in [0.1, 0.15) is 0 Å². The highest BCUT2D eigenvalue weighted by atomic mass is 35.5. The summed E-state index contributed by atoms with van der Waals surface area (Å²) in [7, 11) is 0. The summed E-state index contributed by atoms with van der Waals surface area (Å²) in [6, 6.07) is 6.00. The SMILES string of the molecule is C=CC(Cc1ccc(Cl)c(Cl)c1)NCC. The van der Waals surface area contributed by atoms with Gasteiger partial charge in [-0.2, -0.15) is 0 Å². The smallest absolute Gasteiger partial charge is 0.0595 e. The minimum Gasteiger partial charge on any atom is -0.310 e. The standard InChI is InChI=1S/C12H15Cl2N/c1-3-10(15-4-2)7-9-5-6-11(13)12(14)8-9/h3,5-6,8,10,15H,1,4,7H2,2H3. The van der Waals surface area contributed by atoms with Gasteiger partial charge in [0.15, 0.2) is 0 Å². The van der Waals surface area contributed by atoms with Crippen LogP contribution in [0.15, 0.2) is 30.9 Å². The fourth-order valence-corrected chi connectivity index (χ4v) is 1.74. The molecular formula is C12H15Cl2N. The van der Waals surface area contributed by atoms with Crippen LogP contribution in [0.5, 0.6) is 0 Å². The Bertz CT molecular complexity index is 336. The second-order valence-corrected chi connectivity index (χ2v) is 4.17. The number of likely N-dealkylation sites (N-methyl/N-ethyl adjacent to an activating group) is 1. The number of rotatable bonds is 5. The molecule has 82 valence electrons. The van der Waals surface area contributed by atoms with Crippen LogP contribution >= 0.6 is 23.2 Å². The van der Waals surface area contributed by atoms with Gasteiger partial charge in [-0.05, 0) is 30.7 Å². The van der Waals surface area contributed by atoms with Crippen molar-refractivity contribution in [3.05, 3.63) is 46.5 Å². The third kappa shape index (κ3) is 3.86. The maximum absolute atomic E-state index is 5.94. The van der Waals surface area contributed by atoms with E-state index in [0.29, 0.717) is 10.0 Å². The topological polar surface area (TPSA) is 12.0 Å². The molecule has 0 amide bonds. The lowest BCUT2D eigenvalue weighted by molar-refractivity contribution is 0.613. The predicted octanol–water partition coefficient (Wildman–Crippen LogP) is 3.70. The molecule has 15 heavy (non-hydrogen) atoms. The van der Waals surface area contributed by atoms with Crippen LogP contribution in [0.25, 0.3) is 0 Å². The van der Waals surface area contributed by atoms with Crippen molar-refractivity contribution in [2.75, 3.05) is 6.54 Å². The molecule has 0 saturated carbocycles. The van der Waals surface area contributed by atoms with E-state index in [-0.39, 0.29) is 6.04 Å². The molecule has 1 unspecified atom stereocenters. The highest BCUT2D eigenvalue weighted by Gasteiger charge is 2.05. The first-order valence-corrected chi connectivity index (χ1v) is 5.72. The average Bonchev–Trinajstić information content (AvgIpc) is 2.23. The quantitative estimate of drug-likeness (QED) is 0.779. The molecule has 0 bridgehead atoms. The summed E-state index contributed by atoms with van der Waals surface area (Å²) in [4.78, 5) is 0. The van der Waals surface area contributed by atoms with E-state index in [1.165, 1.54) is 0 Å². The van der Waals surface area contributed by atoms with Gasteiger partial charge in [-0.1, -0.05) is 42.3 Å². The molecule has 0 aliphatic heterocycles. The van der Waals surface area contributed by atoms with Crippen molar-refractivity contribution in [3.8, 4) is 0 Å². The van der Waals surface area contributed by atoms with Crippen molar-refractivity contribution in [1.29, 1.82) is 0 Å². The molecule has 1 atom stereocenters. The van der Waals surface area contributed by atoms with Gasteiger partial charge in [0.05, 0.1) is 10.0 Å². The Kier molecular flexibility index (Phi) is 5.16. The molecule has 3 heteroatoms. The maximum Gasteiger partial charge on any atom is 0.0595 e.